The van der Waals surface area contributed by atoms with Crippen molar-refractivity contribution in [2.45, 2.75) is 65.2 Å². The summed E-state index contributed by atoms with van der Waals surface area (Å²) >= 11 is 0. The summed E-state index contributed by atoms with van der Waals surface area (Å²) in [5.74, 6) is 0.675. The van der Waals surface area contributed by atoms with Gasteiger partial charge in [-0.3, -0.25) is 0 Å². The van der Waals surface area contributed by atoms with Gasteiger partial charge in [0.1, 0.15) is 5.75 Å². The Balaban J connectivity index is 0.00000216. The van der Waals surface area contributed by atoms with E-state index < -0.39 is 0 Å². The first-order valence-electron chi connectivity index (χ1n) is 11.0. The van der Waals surface area contributed by atoms with Gasteiger partial charge in [-0.2, -0.15) is 0 Å². The zero-order valence-electron chi connectivity index (χ0n) is 19.0. The molecule has 0 amide bonds. The van der Waals surface area contributed by atoms with E-state index in [2.05, 4.69) is 95.0 Å². The van der Waals surface area contributed by atoms with Crippen molar-refractivity contribution in [3.8, 4) is 5.75 Å². The minimum absolute atomic E-state index is 0. The van der Waals surface area contributed by atoms with Crippen molar-refractivity contribution < 1.29 is 9.68 Å². The molecule has 32 heavy (non-hydrogen) atoms. The van der Waals surface area contributed by atoms with Crippen LogP contribution >= 0.6 is 0 Å². The van der Waals surface area contributed by atoms with E-state index in [-0.39, 0.29) is 23.7 Å². The highest BCUT2D eigenvalue weighted by Crippen LogP contribution is 2.66. The fourth-order valence-electron chi connectivity index (χ4n) is 6.29. The molecule has 0 atom stereocenters. The van der Waals surface area contributed by atoms with Crippen LogP contribution in [0.15, 0.2) is 48.5 Å². The average Bonchev–Trinajstić information content (AvgIpc) is 2.72. The molecule has 3 aromatic rings. The van der Waals surface area contributed by atoms with Gasteiger partial charge in [-0.1, -0.05) is 85.4 Å². The lowest BCUT2D eigenvalue weighted by molar-refractivity contribution is 0.450. The van der Waals surface area contributed by atoms with Gasteiger partial charge in [0.25, 0.3) is 0 Å². The van der Waals surface area contributed by atoms with E-state index in [0.717, 1.165) is 7.69 Å². The third-order valence-corrected chi connectivity index (χ3v) is 8.06. The summed E-state index contributed by atoms with van der Waals surface area (Å²) in [6.45, 7) is 13.9. The summed E-state index contributed by atoms with van der Waals surface area (Å²) in [4.78, 5) is 2.52. The van der Waals surface area contributed by atoms with Crippen LogP contribution in [-0.2, 0) is 16.2 Å². The van der Waals surface area contributed by atoms with Crippen LogP contribution in [0.3, 0.4) is 0 Å². The number of para-hydroxylation sites is 2. The fourth-order valence-corrected chi connectivity index (χ4v) is 6.29. The normalized spacial score (nSPS) is 18.9. The predicted molar refractivity (Wildman–Crippen MR) is 133 cm³/mol. The Morgan fingerprint density at radius 3 is 1.38 bits per heavy atom. The molecule has 3 heterocycles. The molecule has 4 heteroatoms. The first-order valence-corrected chi connectivity index (χ1v) is 11.0. The van der Waals surface area contributed by atoms with Crippen molar-refractivity contribution in [3.05, 3.63) is 81.9 Å². The van der Waals surface area contributed by atoms with Gasteiger partial charge >= 0.3 is 7.69 Å². The molecule has 0 aliphatic carbocycles. The van der Waals surface area contributed by atoms with Crippen LogP contribution in [-0.4, -0.2) is 12.7 Å². The van der Waals surface area contributed by atoms with Gasteiger partial charge in [-0.05, 0) is 45.5 Å². The van der Waals surface area contributed by atoms with Gasteiger partial charge in [-0.15, -0.1) is 0 Å². The minimum atomic E-state index is -0.198. The highest BCUT2D eigenvalue weighted by atomic mass is 16.5. The lowest BCUT2D eigenvalue weighted by Crippen LogP contribution is -2.43. The molecule has 0 spiro atoms. The monoisotopic (exact) mass is 424 g/mol. The predicted octanol–water partition coefficient (Wildman–Crippen LogP) is 6.62. The van der Waals surface area contributed by atoms with E-state index in [1.165, 1.54) is 50.4 Å². The minimum Gasteiger partial charge on any atom is -0.537 e. The van der Waals surface area contributed by atoms with Crippen molar-refractivity contribution in [3.63, 3.8) is 0 Å². The Hall–Kier alpha value is -2.72. The smallest absolute Gasteiger partial charge is 0.537 e. The number of nitrogens with zero attached hydrogens (tertiary/aromatic N) is 1. The Kier molecular flexibility index (Phi) is 4.10. The lowest BCUT2D eigenvalue weighted by Gasteiger charge is -2.55. The van der Waals surface area contributed by atoms with Gasteiger partial charge < -0.3 is 14.6 Å². The molecule has 0 saturated carbocycles. The number of rotatable bonds is 2. The topological polar surface area (TPSA) is 32.7 Å². The van der Waals surface area contributed by atoms with Gasteiger partial charge in [0.05, 0.1) is 17.1 Å². The quantitative estimate of drug-likeness (QED) is 0.470. The van der Waals surface area contributed by atoms with Crippen LogP contribution in [0.25, 0.3) is 0 Å². The molecule has 6 rings (SSSR count). The maximum Gasteiger partial charge on any atom is 0.569 e. The van der Waals surface area contributed by atoms with E-state index in [0.29, 0.717) is 5.75 Å². The van der Waals surface area contributed by atoms with Crippen molar-refractivity contribution in [1.82, 2.24) is 0 Å². The second-order valence-corrected chi connectivity index (χ2v) is 10.7. The third kappa shape index (κ3) is 2.21. The van der Waals surface area contributed by atoms with Gasteiger partial charge in [0.15, 0.2) is 0 Å². The largest absolute Gasteiger partial charge is 0.569 e. The van der Waals surface area contributed by atoms with Crippen LogP contribution < -0.4 is 9.55 Å². The molecule has 0 unspecified atom stereocenters. The fraction of sp³-hybridized carbons (Fsp3) is 0.357. The molecule has 1 radical (unpaired) electrons. The zero-order chi connectivity index (χ0) is 21.9. The van der Waals surface area contributed by atoms with E-state index >= 15 is 0 Å². The first-order chi connectivity index (χ1) is 14.6. The molecule has 3 aliphatic rings. The van der Waals surface area contributed by atoms with E-state index in [9.17, 15) is 5.02 Å². The molecule has 3 nitrogen and oxygen atoms in total. The van der Waals surface area contributed by atoms with Crippen LogP contribution in [0.2, 0.25) is 0 Å². The van der Waals surface area contributed by atoms with Gasteiger partial charge in [-0.25, -0.2) is 0 Å². The molecule has 0 bridgehead atoms. The van der Waals surface area contributed by atoms with E-state index in [1.807, 2.05) is 0 Å². The van der Waals surface area contributed by atoms with Crippen LogP contribution in [0.4, 0.5) is 17.1 Å². The molecular formula is C28H31BNO2. The molecule has 0 fully saturated rings. The molecule has 163 valence electrons. The molecule has 3 aromatic carbocycles. The molecule has 1 N–H and O–H groups in total. The van der Waals surface area contributed by atoms with Crippen molar-refractivity contribution in [2.24, 2.45) is 0 Å². The summed E-state index contributed by atoms with van der Waals surface area (Å²) in [5, 5.41) is 9.37. The van der Waals surface area contributed by atoms with Crippen molar-refractivity contribution in [2.75, 3.05) is 4.90 Å². The number of anilines is 3. The number of benzene rings is 3. The number of hydrogen-bond acceptors (Lipinski definition) is 3. The van der Waals surface area contributed by atoms with Gasteiger partial charge in [0.2, 0.25) is 0 Å². The molecular weight excluding hydrogens is 393 g/mol. The van der Waals surface area contributed by atoms with Crippen LogP contribution in [0.5, 0.6) is 5.75 Å². The lowest BCUT2D eigenvalue weighted by atomic mass is 9.61. The van der Waals surface area contributed by atoms with Crippen molar-refractivity contribution in [1.29, 1.82) is 0 Å². The standard InChI is InChI=1S/C27H27BNO2.CH4/c1-25(2)16-9-7-11-18-22(16)29-23-17(25)10-8-12-19(23)27(5,6)21-14-15(31-28-30)13-20(24(21)29)26(18,3)4;/h7-14,30H,1-6H3;1H4. The number of hydrogen-bond donors (Lipinski definition) is 1. The van der Waals surface area contributed by atoms with E-state index in [1.54, 1.807) is 0 Å². The summed E-state index contributed by atoms with van der Waals surface area (Å²) in [7, 11) is 0.779. The van der Waals surface area contributed by atoms with Gasteiger partial charge in [0, 0.05) is 16.2 Å². The summed E-state index contributed by atoms with van der Waals surface area (Å²) in [6, 6.07) is 17.8. The van der Waals surface area contributed by atoms with E-state index in [4.69, 9.17) is 4.65 Å². The van der Waals surface area contributed by atoms with Crippen LogP contribution in [0, 0.1) is 0 Å². The highest BCUT2D eigenvalue weighted by molar-refractivity contribution is 6.17. The average molecular weight is 424 g/mol. The summed E-state index contributed by atoms with van der Waals surface area (Å²) < 4.78 is 5.52. The summed E-state index contributed by atoms with van der Waals surface area (Å²) in [6.07, 6.45) is 0. The van der Waals surface area contributed by atoms with Crippen molar-refractivity contribution >= 4 is 24.7 Å². The zero-order valence-corrected chi connectivity index (χ0v) is 19.0. The molecule has 3 aliphatic heterocycles. The summed E-state index contributed by atoms with van der Waals surface area (Å²) in [5.41, 5.74) is 11.4. The van der Waals surface area contributed by atoms with Crippen LogP contribution in [0.1, 0.15) is 82.3 Å². The SMILES string of the molecule is C.CC1(C)c2cccc3c2N2c4c1cccc4C(C)(C)c1cc(O[B]O)cc(c12)C3(C)C. The Morgan fingerprint density at radius 1 is 0.656 bits per heavy atom. The molecule has 0 aromatic heterocycles. The first kappa shape index (κ1) is 21.1. The second kappa shape index (κ2) is 6.20. The maximum absolute atomic E-state index is 9.37. The third-order valence-electron chi connectivity index (χ3n) is 8.06. The Morgan fingerprint density at radius 2 is 1.00 bits per heavy atom. The Bertz CT molecular complexity index is 1200. The maximum atomic E-state index is 9.37. The second-order valence-electron chi connectivity index (χ2n) is 10.7. The Labute approximate surface area is 192 Å². The molecule has 0 saturated heterocycles. The highest BCUT2D eigenvalue weighted by Gasteiger charge is 2.51.